The maximum Gasteiger partial charge on any atom is 0.228 e. The molecular weight excluding hydrogens is 245 g/mol. The van der Waals surface area contributed by atoms with Gasteiger partial charge in [-0.15, -0.1) is 0 Å². The highest BCUT2D eigenvalue weighted by atomic mass is 19.1. The van der Waals surface area contributed by atoms with Gasteiger partial charge in [0.2, 0.25) is 5.91 Å². The summed E-state index contributed by atoms with van der Waals surface area (Å²) >= 11 is 0. The van der Waals surface area contributed by atoms with E-state index in [2.05, 4.69) is 10.3 Å². The van der Waals surface area contributed by atoms with E-state index in [4.69, 9.17) is 5.73 Å². The van der Waals surface area contributed by atoms with E-state index in [0.29, 0.717) is 17.2 Å². The molecule has 0 fully saturated rings. The maximum absolute atomic E-state index is 12.7. The Labute approximate surface area is 110 Å². The Morgan fingerprint density at radius 3 is 2.58 bits per heavy atom. The van der Waals surface area contributed by atoms with Gasteiger partial charge >= 0.3 is 0 Å². The maximum atomic E-state index is 12.7. The summed E-state index contributed by atoms with van der Waals surface area (Å²) in [5, 5.41) is 2.75. The smallest absolute Gasteiger partial charge is 0.228 e. The van der Waals surface area contributed by atoms with Crippen LogP contribution in [0, 0.1) is 12.7 Å². The Hall–Kier alpha value is -2.43. The molecule has 0 atom stereocenters. The van der Waals surface area contributed by atoms with Crippen LogP contribution in [0.4, 0.5) is 15.9 Å². The van der Waals surface area contributed by atoms with Crippen molar-refractivity contribution in [2.24, 2.45) is 0 Å². The number of hydrogen-bond donors (Lipinski definition) is 2. The molecule has 0 saturated heterocycles. The summed E-state index contributed by atoms with van der Waals surface area (Å²) in [6.45, 7) is 1.77. The van der Waals surface area contributed by atoms with Crippen LogP contribution in [0.3, 0.4) is 0 Å². The van der Waals surface area contributed by atoms with Gasteiger partial charge in [0, 0.05) is 0 Å². The van der Waals surface area contributed by atoms with Crippen LogP contribution in [-0.2, 0) is 11.2 Å². The lowest BCUT2D eigenvalue weighted by Crippen LogP contribution is -2.15. The number of anilines is 2. The van der Waals surface area contributed by atoms with Crippen molar-refractivity contribution in [2.45, 2.75) is 13.3 Å². The monoisotopic (exact) mass is 259 g/mol. The molecule has 2 rings (SSSR count). The number of pyridine rings is 1. The van der Waals surface area contributed by atoms with Crippen LogP contribution >= 0.6 is 0 Å². The zero-order chi connectivity index (χ0) is 13.8. The highest BCUT2D eigenvalue weighted by Crippen LogP contribution is 2.14. The van der Waals surface area contributed by atoms with Gasteiger partial charge in [0.1, 0.15) is 11.6 Å². The molecule has 0 saturated carbocycles. The molecule has 0 unspecified atom stereocenters. The largest absolute Gasteiger partial charge is 0.384 e. The van der Waals surface area contributed by atoms with Gasteiger partial charge < -0.3 is 11.1 Å². The van der Waals surface area contributed by atoms with Crippen LogP contribution in [0.15, 0.2) is 36.4 Å². The molecule has 1 aromatic heterocycles. The average Bonchev–Trinajstić information content (AvgIpc) is 2.36. The SMILES string of the molecule is Cc1nc(N)ccc1NC(=O)Cc1ccc(F)cc1. The lowest BCUT2D eigenvalue weighted by Gasteiger charge is -2.08. The van der Waals surface area contributed by atoms with E-state index >= 15 is 0 Å². The summed E-state index contributed by atoms with van der Waals surface area (Å²) in [5.41, 5.74) is 7.57. The Kier molecular flexibility index (Phi) is 3.75. The molecule has 98 valence electrons. The predicted octanol–water partition coefficient (Wildman–Crippen LogP) is 2.29. The quantitative estimate of drug-likeness (QED) is 0.888. The molecule has 0 aliphatic carbocycles. The first-order valence-corrected chi connectivity index (χ1v) is 5.82. The van der Waals surface area contributed by atoms with Crippen LogP contribution in [0.25, 0.3) is 0 Å². The van der Waals surface area contributed by atoms with E-state index in [1.807, 2.05) is 0 Å². The Morgan fingerprint density at radius 1 is 1.26 bits per heavy atom. The first-order chi connectivity index (χ1) is 9.04. The van der Waals surface area contributed by atoms with Crippen molar-refractivity contribution in [1.29, 1.82) is 0 Å². The Balaban J connectivity index is 2.03. The van der Waals surface area contributed by atoms with Crippen molar-refractivity contribution in [3.63, 3.8) is 0 Å². The van der Waals surface area contributed by atoms with Crippen molar-refractivity contribution in [1.82, 2.24) is 4.98 Å². The standard InChI is InChI=1S/C14H14FN3O/c1-9-12(6-7-13(16)17-9)18-14(19)8-10-2-4-11(15)5-3-10/h2-7H,8H2,1H3,(H2,16,17)(H,18,19). The molecule has 0 aliphatic heterocycles. The second-order valence-electron chi connectivity index (χ2n) is 4.22. The number of nitrogens with zero attached hydrogens (tertiary/aromatic N) is 1. The third-order valence-electron chi connectivity index (χ3n) is 2.66. The first-order valence-electron chi connectivity index (χ1n) is 5.82. The summed E-state index contributed by atoms with van der Waals surface area (Å²) in [5.74, 6) is -0.0851. The van der Waals surface area contributed by atoms with E-state index in [1.54, 1.807) is 31.2 Å². The number of halogens is 1. The number of nitrogens with two attached hydrogens (primary N) is 1. The molecule has 0 aliphatic rings. The predicted molar refractivity (Wildman–Crippen MR) is 72.1 cm³/mol. The minimum absolute atomic E-state index is 0.179. The van der Waals surface area contributed by atoms with E-state index in [0.717, 1.165) is 5.56 Å². The first kappa shape index (κ1) is 13.0. The van der Waals surface area contributed by atoms with Gasteiger partial charge in [0.25, 0.3) is 0 Å². The molecule has 19 heavy (non-hydrogen) atoms. The molecular formula is C14H14FN3O. The lowest BCUT2D eigenvalue weighted by atomic mass is 10.1. The van der Waals surface area contributed by atoms with Gasteiger partial charge in [-0.1, -0.05) is 12.1 Å². The van der Waals surface area contributed by atoms with Gasteiger partial charge in [-0.05, 0) is 36.8 Å². The number of rotatable bonds is 3. The molecule has 3 N–H and O–H groups in total. The Bertz CT molecular complexity index is 596. The number of carbonyl (C=O) groups excluding carboxylic acids is 1. The third-order valence-corrected chi connectivity index (χ3v) is 2.66. The minimum Gasteiger partial charge on any atom is -0.384 e. The Morgan fingerprint density at radius 2 is 1.95 bits per heavy atom. The fourth-order valence-electron chi connectivity index (χ4n) is 1.69. The van der Waals surface area contributed by atoms with Crippen LogP contribution in [0.1, 0.15) is 11.3 Å². The number of amides is 1. The summed E-state index contributed by atoms with van der Waals surface area (Å²) in [6.07, 6.45) is 0.185. The van der Waals surface area contributed by atoms with Gasteiger partial charge in [-0.25, -0.2) is 9.37 Å². The number of aryl methyl sites for hydroxylation is 1. The zero-order valence-corrected chi connectivity index (χ0v) is 10.5. The molecule has 1 amide bonds. The molecule has 0 spiro atoms. The van der Waals surface area contributed by atoms with E-state index in [9.17, 15) is 9.18 Å². The van der Waals surface area contributed by atoms with E-state index in [1.165, 1.54) is 12.1 Å². The van der Waals surface area contributed by atoms with Gasteiger partial charge in [-0.3, -0.25) is 4.79 Å². The average molecular weight is 259 g/mol. The highest BCUT2D eigenvalue weighted by molar-refractivity contribution is 5.92. The molecule has 2 aromatic rings. The number of nitrogen functional groups attached to an aromatic ring is 1. The van der Waals surface area contributed by atoms with Crippen molar-refractivity contribution in [2.75, 3.05) is 11.1 Å². The zero-order valence-electron chi connectivity index (χ0n) is 10.5. The van der Waals surface area contributed by atoms with Crippen molar-refractivity contribution in [3.05, 3.63) is 53.5 Å². The van der Waals surface area contributed by atoms with Crippen LogP contribution in [-0.4, -0.2) is 10.9 Å². The fraction of sp³-hybridized carbons (Fsp3) is 0.143. The molecule has 0 bridgehead atoms. The topological polar surface area (TPSA) is 68.0 Å². The molecule has 5 heteroatoms. The third kappa shape index (κ3) is 3.51. The van der Waals surface area contributed by atoms with Crippen molar-refractivity contribution in [3.8, 4) is 0 Å². The normalized spacial score (nSPS) is 10.2. The summed E-state index contributed by atoms with van der Waals surface area (Å²) in [4.78, 5) is 15.9. The lowest BCUT2D eigenvalue weighted by molar-refractivity contribution is -0.115. The van der Waals surface area contributed by atoms with Gasteiger partial charge in [0.05, 0.1) is 17.8 Å². The number of benzene rings is 1. The van der Waals surface area contributed by atoms with Crippen molar-refractivity contribution >= 4 is 17.4 Å². The minimum atomic E-state index is -0.317. The number of aromatic nitrogens is 1. The second kappa shape index (κ2) is 5.48. The number of nitrogens with one attached hydrogen (secondary N) is 1. The van der Waals surface area contributed by atoms with E-state index < -0.39 is 0 Å². The van der Waals surface area contributed by atoms with Crippen molar-refractivity contribution < 1.29 is 9.18 Å². The molecule has 0 radical (unpaired) electrons. The number of hydrogen-bond acceptors (Lipinski definition) is 3. The van der Waals surface area contributed by atoms with Gasteiger partial charge in [0.15, 0.2) is 0 Å². The summed E-state index contributed by atoms with van der Waals surface area (Å²) in [7, 11) is 0. The molecule has 4 nitrogen and oxygen atoms in total. The number of carbonyl (C=O) groups is 1. The summed E-state index contributed by atoms with van der Waals surface area (Å²) in [6, 6.07) is 9.17. The highest BCUT2D eigenvalue weighted by Gasteiger charge is 2.07. The molecule has 1 heterocycles. The van der Waals surface area contributed by atoms with Crippen LogP contribution in [0.2, 0.25) is 0 Å². The fourth-order valence-corrected chi connectivity index (χ4v) is 1.69. The van der Waals surface area contributed by atoms with Gasteiger partial charge in [-0.2, -0.15) is 0 Å². The van der Waals surface area contributed by atoms with Crippen LogP contribution < -0.4 is 11.1 Å². The molecule has 1 aromatic carbocycles. The van der Waals surface area contributed by atoms with E-state index in [-0.39, 0.29) is 18.1 Å². The second-order valence-corrected chi connectivity index (χ2v) is 4.22. The van der Waals surface area contributed by atoms with Crippen LogP contribution in [0.5, 0.6) is 0 Å². The summed E-state index contributed by atoms with van der Waals surface area (Å²) < 4.78 is 12.7.